The van der Waals surface area contributed by atoms with E-state index >= 15 is 0 Å². The van der Waals surface area contributed by atoms with Gasteiger partial charge in [0.05, 0.1) is 23.7 Å². The Balaban J connectivity index is 1.88. The minimum Gasteiger partial charge on any atom is -0.382 e. The summed E-state index contributed by atoms with van der Waals surface area (Å²) in [7, 11) is 1.52. The number of rotatable bonds is 5. The average Bonchev–Trinajstić information content (AvgIpc) is 3.10. The summed E-state index contributed by atoms with van der Waals surface area (Å²) in [5.41, 5.74) is -0.264. The predicted molar refractivity (Wildman–Crippen MR) is 112 cm³/mol. The van der Waals surface area contributed by atoms with E-state index < -0.39 is 17.6 Å². The molecule has 7 nitrogen and oxygen atoms in total. The number of hydrogen-bond acceptors (Lipinski definition) is 4. The highest BCUT2D eigenvalue weighted by molar-refractivity contribution is 6.30. The van der Waals surface area contributed by atoms with Crippen molar-refractivity contribution < 1.29 is 22.7 Å². The summed E-state index contributed by atoms with van der Waals surface area (Å²) in [6, 6.07) is 9.15. The molecule has 0 unspecified atom stereocenters. The highest BCUT2D eigenvalue weighted by atomic mass is 35.5. The van der Waals surface area contributed by atoms with Gasteiger partial charge in [0.25, 0.3) is 5.91 Å². The summed E-state index contributed by atoms with van der Waals surface area (Å²) in [5, 5.41) is 13.0. The van der Waals surface area contributed by atoms with E-state index in [0.29, 0.717) is 16.0 Å². The van der Waals surface area contributed by atoms with Crippen LogP contribution < -0.4 is 10.6 Å². The van der Waals surface area contributed by atoms with Gasteiger partial charge in [-0.3, -0.25) is 15.2 Å². The van der Waals surface area contributed by atoms with E-state index in [-0.39, 0.29) is 29.9 Å². The second kappa shape index (κ2) is 9.36. The highest BCUT2D eigenvalue weighted by Gasteiger charge is 2.31. The molecular weight excluding hydrogens is 435 g/mol. The van der Waals surface area contributed by atoms with Crippen molar-refractivity contribution in [2.24, 2.45) is 4.99 Å². The van der Waals surface area contributed by atoms with Gasteiger partial charge in [-0.05, 0) is 49.4 Å². The molecule has 0 fully saturated rings. The number of methoxy groups -OCH3 is 1. The number of guanidine groups is 1. The Morgan fingerprint density at radius 3 is 2.61 bits per heavy atom. The highest BCUT2D eigenvalue weighted by Crippen LogP contribution is 2.32. The van der Waals surface area contributed by atoms with Gasteiger partial charge >= 0.3 is 6.18 Å². The number of nitrogens with zero attached hydrogens (tertiary/aromatic N) is 2. The minimum atomic E-state index is -4.47. The molecule has 164 valence electrons. The molecule has 0 radical (unpaired) electrons. The van der Waals surface area contributed by atoms with Crippen LogP contribution in [0.2, 0.25) is 5.02 Å². The van der Waals surface area contributed by atoms with Crippen molar-refractivity contribution in [3.63, 3.8) is 0 Å². The van der Waals surface area contributed by atoms with Crippen molar-refractivity contribution in [1.29, 1.82) is 0 Å². The molecule has 0 spiro atoms. The van der Waals surface area contributed by atoms with Crippen molar-refractivity contribution in [1.82, 2.24) is 15.5 Å². The van der Waals surface area contributed by atoms with Gasteiger partial charge in [-0.2, -0.15) is 18.3 Å². The molecule has 1 atom stereocenters. The van der Waals surface area contributed by atoms with E-state index in [4.69, 9.17) is 16.3 Å². The molecule has 1 heterocycles. The number of aliphatic imine (C=N–C) groups is 1. The van der Waals surface area contributed by atoms with Crippen LogP contribution in [0.15, 0.2) is 47.5 Å². The van der Waals surface area contributed by atoms with Crippen LogP contribution in [0.5, 0.6) is 0 Å². The van der Waals surface area contributed by atoms with E-state index in [1.165, 1.54) is 13.2 Å². The predicted octanol–water partition coefficient (Wildman–Crippen LogP) is 4.47. The fourth-order valence-electron chi connectivity index (χ4n) is 2.78. The average molecular weight is 454 g/mol. The van der Waals surface area contributed by atoms with Gasteiger partial charge in [-0.1, -0.05) is 11.6 Å². The molecule has 0 aliphatic carbocycles. The lowest BCUT2D eigenvalue weighted by atomic mass is 10.1. The van der Waals surface area contributed by atoms with Crippen molar-refractivity contribution >= 4 is 40.2 Å². The Morgan fingerprint density at radius 2 is 1.97 bits per heavy atom. The summed E-state index contributed by atoms with van der Waals surface area (Å²) in [6.45, 7) is 2.07. The number of ether oxygens (including phenoxy) is 1. The maximum Gasteiger partial charge on any atom is 0.416 e. The first-order chi connectivity index (χ1) is 14.7. The second-order valence-electron chi connectivity index (χ2n) is 6.70. The van der Waals surface area contributed by atoms with Gasteiger partial charge in [0.15, 0.2) is 5.82 Å². The number of hydrogen-bond donors (Lipinski definition) is 3. The van der Waals surface area contributed by atoms with Gasteiger partial charge in [0.2, 0.25) is 5.96 Å². The fourth-order valence-corrected chi connectivity index (χ4v) is 2.90. The summed E-state index contributed by atoms with van der Waals surface area (Å²) < 4.78 is 43.9. The van der Waals surface area contributed by atoms with Crippen LogP contribution in [0.1, 0.15) is 22.8 Å². The van der Waals surface area contributed by atoms with Crippen LogP contribution in [0.3, 0.4) is 0 Å². The lowest BCUT2D eigenvalue weighted by Gasteiger charge is -2.13. The third kappa shape index (κ3) is 5.74. The van der Waals surface area contributed by atoms with E-state index in [1.807, 2.05) is 0 Å². The number of anilines is 1. The monoisotopic (exact) mass is 453 g/mol. The number of alkyl halides is 3. The maximum absolute atomic E-state index is 12.9. The molecule has 11 heteroatoms. The molecule has 2 aromatic carbocycles. The number of halogens is 4. The number of aromatic amines is 1. The third-order valence-electron chi connectivity index (χ3n) is 4.22. The van der Waals surface area contributed by atoms with Crippen LogP contribution in [-0.2, 0) is 10.9 Å². The van der Waals surface area contributed by atoms with E-state index in [2.05, 4.69) is 25.8 Å². The normalized spacial score (nSPS) is 13.3. The second-order valence-corrected chi connectivity index (χ2v) is 7.13. The number of carbonyl (C=O) groups is 1. The molecule has 3 aromatic rings. The Bertz CT molecular complexity index is 1100. The van der Waals surface area contributed by atoms with Crippen molar-refractivity contribution in [2.75, 3.05) is 19.0 Å². The van der Waals surface area contributed by atoms with Crippen LogP contribution >= 0.6 is 11.6 Å². The Kier molecular flexibility index (Phi) is 6.81. The lowest BCUT2D eigenvalue weighted by Crippen LogP contribution is -2.37. The number of nitrogens with one attached hydrogen (secondary N) is 3. The topological polar surface area (TPSA) is 91.4 Å². The molecule has 0 bridgehead atoms. The van der Waals surface area contributed by atoms with Crippen molar-refractivity contribution in [2.45, 2.75) is 19.1 Å². The number of carbonyl (C=O) groups excluding carboxylic acids is 1. The largest absolute Gasteiger partial charge is 0.416 e. The van der Waals surface area contributed by atoms with Crippen LogP contribution in [0.4, 0.5) is 19.0 Å². The Morgan fingerprint density at radius 1 is 1.26 bits per heavy atom. The number of H-pyrrole nitrogens is 1. The molecule has 0 aliphatic heterocycles. The molecule has 0 saturated heterocycles. The molecular formula is C20H19ClF3N5O2. The smallest absolute Gasteiger partial charge is 0.382 e. The fraction of sp³-hybridized carbons (Fsp3) is 0.250. The van der Waals surface area contributed by atoms with Gasteiger partial charge in [-0.15, -0.1) is 0 Å². The molecule has 3 rings (SSSR count). The molecule has 0 saturated carbocycles. The van der Waals surface area contributed by atoms with Gasteiger partial charge in [0, 0.05) is 23.1 Å². The van der Waals surface area contributed by atoms with Crippen LogP contribution in [-0.4, -0.2) is 41.8 Å². The molecule has 0 aliphatic rings. The Hall–Kier alpha value is -3.11. The SMILES string of the molecule is COC[C@H](C)N=C(NC(=O)c1ccc(Cl)cc1)Nc1n[nH]c2cc(C(F)(F)F)ccc12. The van der Waals surface area contributed by atoms with E-state index in [1.54, 1.807) is 31.2 Å². The lowest BCUT2D eigenvalue weighted by molar-refractivity contribution is -0.137. The van der Waals surface area contributed by atoms with Gasteiger partial charge in [0.1, 0.15) is 0 Å². The quantitative estimate of drug-likeness (QED) is 0.392. The zero-order valence-corrected chi connectivity index (χ0v) is 17.3. The standard InChI is InChI=1S/C20H19ClF3N5O2/c1-11(10-31-2)25-19(27-18(30)12-3-6-14(21)7-4-12)26-17-15-8-5-13(20(22,23)24)9-16(15)28-29-17/h3-9,11H,10H2,1-2H3,(H3,25,26,27,28,29,30)/t11-/m0/s1. The summed E-state index contributed by atoms with van der Waals surface area (Å²) in [4.78, 5) is 17.0. The van der Waals surface area contributed by atoms with Gasteiger partial charge in [-0.25, -0.2) is 4.99 Å². The number of aromatic nitrogens is 2. The number of benzene rings is 2. The molecule has 31 heavy (non-hydrogen) atoms. The van der Waals surface area contributed by atoms with Crippen molar-refractivity contribution in [3.8, 4) is 0 Å². The first-order valence-electron chi connectivity index (χ1n) is 9.13. The maximum atomic E-state index is 12.9. The summed E-state index contributed by atoms with van der Waals surface area (Å²) in [6.07, 6.45) is -4.47. The zero-order valence-electron chi connectivity index (χ0n) is 16.5. The van der Waals surface area contributed by atoms with E-state index in [9.17, 15) is 18.0 Å². The van der Waals surface area contributed by atoms with E-state index in [0.717, 1.165) is 12.1 Å². The first-order valence-corrected chi connectivity index (χ1v) is 9.51. The van der Waals surface area contributed by atoms with Crippen LogP contribution in [0.25, 0.3) is 10.9 Å². The molecule has 1 amide bonds. The van der Waals surface area contributed by atoms with Crippen LogP contribution in [0, 0.1) is 0 Å². The third-order valence-corrected chi connectivity index (χ3v) is 4.47. The number of fused-ring (bicyclic) bond motifs is 1. The molecule has 1 aromatic heterocycles. The zero-order chi connectivity index (χ0) is 22.6. The number of amides is 1. The molecule has 3 N–H and O–H groups in total. The summed E-state index contributed by atoms with van der Waals surface area (Å²) >= 11 is 5.85. The Labute approximate surface area is 180 Å². The minimum absolute atomic E-state index is 0.0674. The van der Waals surface area contributed by atoms with Crippen molar-refractivity contribution in [3.05, 3.63) is 58.6 Å². The summed E-state index contributed by atoms with van der Waals surface area (Å²) in [5.74, 6) is -0.173. The first kappa shape index (κ1) is 22.6. The van der Waals surface area contributed by atoms with Gasteiger partial charge < -0.3 is 10.1 Å².